The molecule has 0 atom stereocenters. The second kappa shape index (κ2) is 5.34. The van der Waals surface area contributed by atoms with Gasteiger partial charge in [0.05, 0.1) is 0 Å². The SMILES string of the molecule is O=C(Nc1nnc(C2CC2)s1)c1cc(-c2ccccc2)on1. The number of hydrogen-bond acceptors (Lipinski definition) is 6. The third kappa shape index (κ3) is 2.62. The molecule has 0 radical (unpaired) electrons. The van der Waals surface area contributed by atoms with Crippen molar-refractivity contribution in [2.75, 3.05) is 5.32 Å². The number of aromatic nitrogens is 3. The fourth-order valence-electron chi connectivity index (χ4n) is 2.06. The molecule has 0 aliphatic heterocycles. The predicted octanol–water partition coefficient (Wildman–Crippen LogP) is 3.32. The van der Waals surface area contributed by atoms with Gasteiger partial charge in [-0.1, -0.05) is 46.8 Å². The minimum atomic E-state index is -0.343. The van der Waals surface area contributed by atoms with Crippen LogP contribution in [-0.4, -0.2) is 21.3 Å². The zero-order valence-corrected chi connectivity index (χ0v) is 12.3. The second-order valence-corrected chi connectivity index (χ2v) is 6.13. The summed E-state index contributed by atoms with van der Waals surface area (Å²) in [7, 11) is 0. The molecule has 1 aliphatic carbocycles. The maximum absolute atomic E-state index is 12.2. The number of carbonyl (C=O) groups excluding carboxylic acids is 1. The van der Waals surface area contributed by atoms with Gasteiger partial charge in [-0.15, -0.1) is 10.2 Å². The van der Waals surface area contributed by atoms with Crippen molar-refractivity contribution in [3.63, 3.8) is 0 Å². The zero-order valence-electron chi connectivity index (χ0n) is 11.5. The summed E-state index contributed by atoms with van der Waals surface area (Å²) in [5.74, 6) is 0.742. The molecule has 0 saturated heterocycles. The summed E-state index contributed by atoms with van der Waals surface area (Å²) in [6.45, 7) is 0. The molecule has 1 aliphatic rings. The summed E-state index contributed by atoms with van der Waals surface area (Å²) in [6.07, 6.45) is 2.32. The van der Waals surface area contributed by atoms with E-state index in [0.717, 1.165) is 23.4 Å². The Morgan fingerprint density at radius 3 is 2.82 bits per heavy atom. The number of carbonyl (C=O) groups is 1. The normalized spacial score (nSPS) is 14.0. The average molecular weight is 312 g/mol. The van der Waals surface area contributed by atoms with Crippen molar-refractivity contribution in [3.05, 3.63) is 47.1 Å². The zero-order chi connectivity index (χ0) is 14.9. The minimum absolute atomic E-state index is 0.224. The van der Waals surface area contributed by atoms with Gasteiger partial charge < -0.3 is 4.52 Å². The van der Waals surface area contributed by atoms with E-state index in [1.165, 1.54) is 11.3 Å². The number of anilines is 1. The molecule has 3 aromatic rings. The molecule has 7 heteroatoms. The van der Waals surface area contributed by atoms with E-state index >= 15 is 0 Å². The minimum Gasteiger partial charge on any atom is -0.355 e. The predicted molar refractivity (Wildman–Crippen MR) is 81.8 cm³/mol. The number of nitrogens with one attached hydrogen (secondary N) is 1. The van der Waals surface area contributed by atoms with Gasteiger partial charge in [0.15, 0.2) is 11.5 Å². The quantitative estimate of drug-likeness (QED) is 0.799. The van der Waals surface area contributed by atoms with Gasteiger partial charge in [0, 0.05) is 17.5 Å². The van der Waals surface area contributed by atoms with E-state index in [2.05, 4.69) is 20.7 Å². The fraction of sp³-hybridized carbons (Fsp3) is 0.200. The molecule has 0 unspecified atom stereocenters. The Morgan fingerprint density at radius 1 is 1.23 bits per heavy atom. The maximum atomic E-state index is 12.2. The molecule has 22 heavy (non-hydrogen) atoms. The highest BCUT2D eigenvalue weighted by Gasteiger charge is 2.28. The van der Waals surface area contributed by atoms with Crippen molar-refractivity contribution in [2.24, 2.45) is 0 Å². The lowest BCUT2D eigenvalue weighted by molar-refractivity contribution is 0.101. The number of rotatable bonds is 4. The third-order valence-corrected chi connectivity index (χ3v) is 4.39. The van der Waals surface area contributed by atoms with E-state index in [4.69, 9.17) is 4.52 Å². The van der Waals surface area contributed by atoms with Gasteiger partial charge in [0.1, 0.15) is 5.01 Å². The topological polar surface area (TPSA) is 80.9 Å². The van der Waals surface area contributed by atoms with Crippen LogP contribution in [0.4, 0.5) is 5.13 Å². The first kappa shape index (κ1) is 13.1. The largest absolute Gasteiger partial charge is 0.355 e. The molecule has 1 fully saturated rings. The van der Waals surface area contributed by atoms with E-state index in [1.54, 1.807) is 6.07 Å². The molecule has 110 valence electrons. The lowest BCUT2D eigenvalue weighted by atomic mass is 10.1. The van der Waals surface area contributed by atoms with E-state index in [1.807, 2.05) is 30.3 Å². The van der Waals surface area contributed by atoms with Crippen molar-refractivity contribution < 1.29 is 9.32 Å². The van der Waals surface area contributed by atoms with E-state index < -0.39 is 0 Å². The van der Waals surface area contributed by atoms with Crippen molar-refractivity contribution in [3.8, 4) is 11.3 Å². The number of benzene rings is 1. The van der Waals surface area contributed by atoms with Crippen LogP contribution >= 0.6 is 11.3 Å². The highest BCUT2D eigenvalue weighted by atomic mass is 32.1. The van der Waals surface area contributed by atoms with E-state index in [0.29, 0.717) is 16.8 Å². The summed E-state index contributed by atoms with van der Waals surface area (Å²) in [5, 5.41) is 16.1. The Kier molecular flexibility index (Phi) is 3.19. The molecule has 1 amide bonds. The van der Waals surface area contributed by atoms with Crippen molar-refractivity contribution in [1.29, 1.82) is 0 Å². The van der Waals surface area contributed by atoms with Crippen LogP contribution in [0.1, 0.15) is 34.3 Å². The highest BCUT2D eigenvalue weighted by Crippen LogP contribution is 2.42. The molecular weight excluding hydrogens is 300 g/mol. The Balaban J connectivity index is 1.49. The summed E-state index contributed by atoms with van der Waals surface area (Å²) in [5.41, 5.74) is 1.10. The molecule has 6 nitrogen and oxygen atoms in total. The van der Waals surface area contributed by atoms with Crippen LogP contribution in [-0.2, 0) is 0 Å². The highest BCUT2D eigenvalue weighted by molar-refractivity contribution is 7.15. The summed E-state index contributed by atoms with van der Waals surface area (Å²) in [6, 6.07) is 11.1. The van der Waals surface area contributed by atoms with Crippen LogP contribution in [0.3, 0.4) is 0 Å². The first-order valence-corrected chi connectivity index (χ1v) is 7.78. The van der Waals surface area contributed by atoms with Gasteiger partial charge in [-0.05, 0) is 12.8 Å². The second-order valence-electron chi connectivity index (χ2n) is 5.12. The van der Waals surface area contributed by atoms with Gasteiger partial charge in [-0.3, -0.25) is 10.1 Å². The first-order chi connectivity index (χ1) is 10.8. The first-order valence-electron chi connectivity index (χ1n) is 6.96. The lowest BCUT2D eigenvalue weighted by Crippen LogP contribution is -2.11. The van der Waals surface area contributed by atoms with Gasteiger partial charge in [-0.25, -0.2) is 0 Å². The summed E-state index contributed by atoms with van der Waals surface area (Å²) >= 11 is 1.42. The van der Waals surface area contributed by atoms with Gasteiger partial charge in [0.2, 0.25) is 5.13 Å². The van der Waals surface area contributed by atoms with Crippen molar-refractivity contribution in [2.45, 2.75) is 18.8 Å². The Labute approximate surface area is 130 Å². The average Bonchev–Trinajstić information content (AvgIpc) is 3.10. The van der Waals surface area contributed by atoms with Crippen LogP contribution < -0.4 is 5.32 Å². The standard InChI is InChI=1S/C15H12N4O2S/c20-13(16-15-18-17-14(22-15)10-6-7-10)11-8-12(21-19-11)9-4-2-1-3-5-9/h1-5,8,10H,6-7H2,(H,16,18,20). The van der Waals surface area contributed by atoms with Crippen LogP contribution in [0, 0.1) is 0 Å². The van der Waals surface area contributed by atoms with Gasteiger partial charge >= 0.3 is 0 Å². The monoisotopic (exact) mass is 312 g/mol. The Morgan fingerprint density at radius 2 is 2.05 bits per heavy atom. The van der Waals surface area contributed by atoms with Crippen molar-refractivity contribution in [1.82, 2.24) is 15.4 Å². The summed E-state index contributed by atoms with van der Waals surface area (Å²) in [4.78, 5) is 12.2. The van der Waals surface area contributed by atoms with Gasteiger partial charge in [0.25, 0.3) is 5.91 Å². The van der Waals surface area contributed by atoms with Crippen LogP contribution in [0.2, 0.25) is 0 Å². The molecule has 0 spiro atoms. The maximum Gasteiger partial charge on any atom is 0.279 e. The summed E-state index contributed by atoms with van der Waals surface area (Å²) < 4.78 is 5.22. The molecule has 4 rings (SSSR count). The molecule has 2 aromatic heterocycles. The molecule has 1 saturated carbocycles. The Hall–Kier alpha value is -2.54. The molecule has 1 N–H and O–H groups in total. The number of nitrogens with zero attached hydrogens (tertiary/aromatic N) is 3. The lowest BCUT2D eigenvalue weighted by Gasteiger charge is -1.95. The van der Waals surface area contributed by atoms with E-state index in [9.17, 15) is 4.79 Å². The van der Waals surface area contributed by atoms with Gasteiger partial charge in [-0.2, -0.15) is 0 Å². The van der Waals surface area contributed by atoms with Crippen LogP contribution in [0.15, 0.2) is 40.9 Å². The van der Waals surface area contributed by atoms with E-state index in [-0.39, 0.29) is 11.6 Å². The Bertz CT molecular complexity index is 808. The molecule has 1 aromatic carbocycles. The fourth-order valence-corrected chi connectivity index (χ4v) is 2.97. The molecular formula is C15H12N4O2S. The third-order valence-electron chi connectivity index (χ3n) is 3.39. The van der Waals surface area contributed by atoms with Crippen LogP contribution in [0.5, 0.6) is 0 Å². The van der Waals surface area contributed by atoms with Crippen molar-refractivity contribution >= 4 is 22.4 Å². The smallest absolute Gasteiger partial charge is 0.279 e. The number of hydrogen-bond donors (Lipinski definition) is 1. The number of amides is 1. The van der Waals surface area contributed by atoms with Crippen LogP contribution in [0.25, 0.3) is 11.3 Å². The molecule has 0 bridgehead atoms. The molecule has 2 heterocycles.